The van der Waals surface area contributed by atoms with E-state index in [0.717, 1.165) is 16.5 Å². The van der Waals surface area contributed by atoms with Crippen molar-refractivity contribution in [1.29, 1.82) is 0 Å². The maximum atomic E-state index is 12.2. The van der Waals surface area contributed by atoms with Gasteiger partial charge in [0, 0.05) is 18.7 Å². The van der Waals surface area contributed by atoms with E-state index in [9.17, 15) is 4.79 Å². The van der Waals surface area contributed by atoms with Crippen LogP contribution in [0.3, 0.4) is 0 Å². The van der Waals surface area contributed by atoms with Crippen molar-refractivity contribution in [3.8, 4) is 0 Å². The summed E-state index contributed by atoms with van der Waals surface area (Å²) >= 11 is 6.26. The molecule has 0 atom stereocenters. The first kappa shape index (κ1) is 14.8. The van der Waals surface area contributed by atoms with Crippen molar-refractivity contribution < 1.29 is 9.53 Å². The maximum Gasteiger partial charge on any atom is 0.256 e. The van der Waals surface area contributed by atoms with E-state index >= 15 is 0 Å². The van der Waals surface area contributed by atoms with Crippen molar-refractivity contribution in [2.24, 2.45) is 0 Å². The molecule has 0 saturated heterocycles. The fourth-order valence-electron chi connectivity index (χ4n) is 1.86. The predicted molar refractivity (Wildman–Crippen MR) is 81.2 cm³/mol. The second kappa shape index (κ2) is 5.38. The third kappa shape index (κ3) is 2.62. The highest BCUT2D eigenvalue weighted by atomic mass is 35.5. The first-order valence-corrected chi connectivity index (χ1v) is 6.65. The Balaban J connectivity index is 2.53. The molecule has 4 nitrogen and oxygen atoms in total. The van der Waals surface area contributed by atoms with Gasteiger partial charge in [0.1, 0.15) is 5.60 Å². The molecule has 2 aromatic rings. The van der Waals surface area contributed by atoms with E-state index in [2.05, 4.69) is 10.3 Å². The minimum atomic E-state index is -0.928. The van der Waals surface area contributed by atoms with E-state index in [-0.39, 0.29) is 5.91 Å². The Bertz CT molecular complexity index is 668. The Kier molecular flexibility index (Phi) is 3.97. The second-order valence-electron chi connectivity index (χ2n) is 5.12. The first-order valence-electron chi connectivity index (χ1n) is 6.27. The lowest BCUT2D eigenvalue weighted by Gasteiger charge is -2.22. The monoisotopic (exact) mass is 292 g/mol. The lowest BCUT2D eigenvalue weighted by molar-refractivity contribution is -0.133. The van der Waals surface area contributed by atoms with Crippen LogP contribution in [-0.2, 0) is 9.53 Å². The normalized spacial score (nSPS) is 11.7. The van der Waals surface area contributed by atoms with Gasteiger partial charge in [0.2, 0.25) is 0 Å². The number of amides is 1. The zero-order chi connectivity index (χ0) is 14.9. The molecule has 1 aromatic carbocycles. The highest BCUT2D eigenvalue weighted by Gasteiger charge is 2.28. The van der Waals surface area contributed by atoms with Crippen LogP contribution in [-0.4, -0.2) is 23.6 Å². The van der Waals surface area contributed by atoms with Gasteiger partial charge in [-0.15, -0.1) is 0 Å². The Labute approximate surface area is 123 Å². The number of fused-ring (bicyclic) bond motifs is 1. The topological polar surface area (TPSA) is 51.2 Å². The van der Waals surface area contributed by atoms with Crippen LogP contribution in [0.5, 0.6) is 0 Å². The van der Waals surface area contributed by atoms with Crippen LogP contribution < -0.4 is 5.32 Å². The lowest BCUT2D eigenvalue weighted by Crippen LogP contribution is -2.38. The van der Waals surface area contributed by atoms with E-state index in [4.69, 9.17) is 16.3 Å². The Hall–Kier alpha value is -1.65. The van der Waals surface area contributed by atoms with Crippen LogP contribution in [0.15, 0.2) is 24.4 Å². The van der Waals surface area contributed by atoms with Gasteiger partial charge in [-0.2, -0.15) is 0 Å². The van der Waals surface area contributed by atoms with Gasteiger partial charge in [-0.3, -0.25) is 9.78 Å². The number of carbonyl (C=O) groups excluding carboxylic acids is 1. The summed E-state index contributed by atoms with van der Waals surface area (Å²) in [5, 5.41) is 4.14. The molecule has 0 unspecified atom stereocenters. The summed E-state index contributed by atoms with van der Waals surface area (Å²) in [6, 6.07) is 5.50. The van der Waals surface area contributed by atoms with Crippen molar-refractivity contribution in [2.45, 2.75) is 26.4 Å². The van der Waals surface area contributed by atoms with Crippen LogP contribution in [0.2, 0.25) is 5.02 Å². The Morgan fingerprint density at radius 1 is 1.45 bits per heavy atom. The number of hydrogen-bond acceptors (Lipinski definition) is 3. The molecule has 0 bridgehead atoms. The Morgan fingerprint density at radius 2 is 2.15 bits per heavy atom. The third-order valence-corrected chi connectivity index (χ3v) is 3.63. The SMILES string of the molecule is COC(C)(C)C(=O)Nc1c(Cl)cc(C)c2ncccc12. The molecule has 0 fully saturated rings. The van der Waals surface area contributed by atoms with Crippen LogP contribution in [0, 0.1) is 6.92 Å². The minimum Gasteiger partial charge on any atom is -0.369 e. The first-order chi connectivity index (χ1) is 9.36. The van der Waals surface area contributed by atoms with Gasteiger partial charge in [-0.25, -0.2) is 0 Å². The number of pyridine rings is 1. The standard InChI is InChI=1S/C15H17ClN2O2/c1-9-8-11(16)13(10-6-5-7-17-12(9)10)18-14(19)15(2,3)20-4/h5-8H,1-4H3,(H,18,19). The van der Waals surface area contributed by atoms with Crippen molar-refractivity contribution in [3.63, 3.8) is 0 Å². The summed E-state index contributed by atoms with van der Waals surface area (Å²) in [5.74, 6) is -0.254. The zero-order valence-electron chi connectivity index (χ0n) is 12.0. The molecule has 1 heterocycles. The molecule has 1 aromatic heterocycles. The number of ether oxygens (including phenoxy) is 1. The number of anilines is 1. The quantitative estimate of drug-likeness (QED) is 0.941. The molecule has 1 N–H and O–H groups in total. The molecule has 0 aliphatic rings. The van der Waals surface area contributed by atoms with Gasteiger partial charge >= 0.3 is 0 Å². The predicted octanol–water partition coefficient (Wildman–Crippen LogP) is 3.56. The van der Waals surface area contributed by atoms with Crippen LogP contribution in [0.25, 0.3) is 10.9 Å². The van der Waals surface area contributed by atoms with E-state index in [1.165, 1.54) is 7.11 Å². The molecular weight excluding hydrogens is 276 g/mol. The van der Waals surface area contributed by atoms with Crippen molar-refractivity contribution >= 4 is 34.1 Å². The average Bonchev–Trinajstić information content (AvgIpc) is 2.43. The van der Waals surface area contributed by atoms with Gasteiger partial charge in [0.05, 0.1) is 16.2 Å². The van der Waals surface area contributed by atoms with Crippen molar-refractivity contribution in [2.75, 3.05) is 12.4 Å². The fourth-order valence-corrected chi connectivity index (χ4v) is 2.18. The van der Waals surface area contributed by atoms with Gasteiger partial charge < -0.3 is 10.1 Å². The second-order valence-corrected chi connectivity index (χ2v) is 5.53. The van der Waals surface area contributed by atoms with Gasteiger partial charge in [-0.1, -0.05) is 11.6 Å². The molecular formula is C15H17ClN2O2. The van der Waals surface area contributed by atoms with E-state index in [0.29, 0.717) is 10.7 Å². The fraction of sp³-hybridized carbons (Fsp3) is 0.333. The third-order valence-electron chi connectivity index (χ3n) is 3.33. The largest absolute Gasteiger partial charge is 0.369 e. The number of halogens is 1. The molecule has 0 aliphatic carbocycles. The molecule has 20 heavy (non-hydrogen) atoms. The number of aromatic nitrogens is 1. The number of benzene rings is 1. The van der Waals surface area contributed by atoms with Gasteiger partial charge in [-0.05, 0) is 44.5 Å². The maximum absolute atomic E-state index is 12.2. The number of rotatable bonds is 3. The molecule has 0 radical (unpaired) electrons. The number of hydrogen-bond donors (Lipinski definition) is 1. The Morgan fingerprint density at radius 3 is 2.80 bits per heavy atom. The van der Waals surface area contributed by atoms with Gasteiger partial charge in [0.25, 0.3) is 5.91 Å². The van der Waals surface area contributed by atoms with Crippen LogP contribution in [0.1, 0.15) is 19.4 Å². The number of aryl methyl sites for hydroxylation is 1. The highest BCUT2D eigenvalue weighted by Crippen LogP contribution is 2.33. The molecule has 0 saturated carbocycles. The van der Waals surface area contributed by atoms with Crippen molar-refractivity contribution in [3.05, 3.63) is 35.0 Å². The molecule has 5 heteroatoms. The highest BCUT2D eigenvalue weighted by molar-refractivity contribution is 6.35. The van der Waals surface area contributed by atoms with E-state index < -0.39 is 5.60 Å². The van der Waals surface area contributed by atoms with E-state index in [1.807, 2.05) is 19.1 Å². The zero-order valence-corrected chi connectivity index (χ0v) is 12.7. The number of nitrogens with zero attached hydrogens (tertiary/aromatic N) is 1. The summed E-state index contributed by atoms with van der Waals surface area (Å²) < 4.78 is 5.18. The van der Waals surface area contributed by atoms with Crippen molar-refractivity contribution in [1.82, 2.24) is 4.98 Å². The molecule has 1 amide bonds. The number of methoxy groups -OCH3 is 1. The summed E-state index contributed by atoms with van der Waals surface area (Å²) in [4.78, 5) is 16.6. The summed E-state index contributed by atoms with van der Waals surface area (Å²) in [5.41, 5.74) is 1.43. The van der Waals surface area contributed by atoms with Crippen LogP contribution >= 0.6 is 11.6 Å². The summed E-state index contributed by atoms with van der Waals surface area (Å²) in [7, 11) is 1.50. The molecule has 0 spiro atoms. The summed E-state index contributed by atoms with van der Waals surface area (Å²) in [6.45, 7) is 5.33. The molecule has 106 valence electrons. The number of nitrogens with one attached hydrogen (secondary N) is 1. The lowest BCUT2D eigenvalue weighted by atomic mass is 10.1. The number of carbonyl (C=O) groups is 1. The molecule has 2 rings (SSSR count). The van der Waals surface area contributed by atoms with Gasteiger partial charge in [0.15, 0.2) is 0 Å². The molecule has 0 aliphatic heterocycles. The average molecular weight is 293 g/mol. The van der Waals surface area contributed by atoms with Crippen LogP contribution in [0.4, 0.5) is 5.69 Å². The smallest absolute Gasteiger partial charge is 0.256 e. The minimum absolute atomic E-state index is 0.254. The summed E-state index contributed by atoms with van der Waals surface area (Å²) in [6.07, 6.45) is 1.72. The van der Waals surface area contributed by atoms with E-state index in [1.54, 1.807) is 26.1 Å².